The first-order valence-corrected chi connectivity index (χ1v) is 13.1. The van der Waals surface area contributed by atoms with E-state index in [-0.39, 0.29) is 34.2 Å². The largest absolute Gasteiger partial charge is 0.399 e. The van der Waals surface area contributed by atoms with Crippen molar-refractivity contribution in [1.82, 2.24) is 29.6 Å². The molecule has 1 fully saturated rings. The van der Waals surface area contributed by atoms with Crippen LogP contribution in [0.1, 0.15) is 63.4 Å². The van der Waals surface area contributed by atoms with Gasteiger partial charge < -0.3 is 10.6 Å². The molecule has 1 aliphatic heterocycles. The summed E-state index contributed by atoms with van der Waals surface area (Å²) in [5, 5.41) is 7.16. The summed E-state index contributed by atoms with van der Waals surface area (Å²) in [4.78, 5) is 26.4. The molecule has 2 N–H and O–H groups in total. The molecule has 1 aliphatic carbocycles. The first-order valence-electron chi connectivity index (χ1n) is 13.1. The topological polar surface area (TPSA) is 89.7 Å². The van der Waals surface area contributed by atoms with Crippen molar-refractivity contribution in [2.24, 2.45) is 0 Å². The summed E-state index contributed by atoms with van der Waals surface area (Å²) in [6, 6.07) is 8.91. The Morgan fingerprint density at radius 3 is 2.56 bits per heavy atom. The minimum absolute atomic E-state index is 0.126. The van der Waals surface area contributed by atoms with E-state index >= 15 is 0 Å². The number of nitrogens with one attached hydrogen (secondary N) is 2. The lowest BCUT2D eigenvalue weighted by molar-refractivity contribution is -0.181. The van der Waals surface area contributed by atoms with Crippen LogP contribution in [0, 0.1) is 0 Å². The van der Waals surface area contributed by atoms with Crippen LogP contribution in [0.25, 0.3) is 16.7 Å². The molecule has 39 heavy (non-hydrogen) atoms. The van der Waals surface area contributed by atoms with Gasteiger partial charge in [0.15, 0.2) is 5.65 Å². The number of aromatic nitrogens is 5. The average Bonchev–Trinajstić information content (AvgIpc) is 3.59. The third-order valence-corrected chi connectivity index (χ3v) is 7.93. The fourth-order valence-electron chi connectivity index (χ4n) is 5.39. The van der Waals surface area contributed by atoms with E-state index in [1.54, 1.807) is 10.7 Å². The Kier molecular flexibility index (Phi) is 5.66. The molecule has 0 unspecified atom stereocenters. The number of anilines is 2. The monoisotopic (exact) mass is 537 g/mol. The number of halogens is 3. The van der Waals surface area contributed by atoms with Crippen LogP contribution in [0.15, 0.2) is 47.5 Å². The van der Waals surface area contributed by atoms with Crippen molar-refractivity contribution >= 4 is 22.7 Å². The maximum atomic E-state index is 13.8. The highest BCUT2D eigenvalue weighted by molar-refractivity contribution is 5.77. The summed E-state index contributed by atoms with van der Waals surface area (Å²) in [5.41, 5.74) is 1.59. The van der Waals surface area contributed by atoms with Crippen molar-refractivity contribution in [2.75, 3.05) is 11.9 Å². The molecule has 2 aliphatic rings. The first-order chi connectivity index (χ1) is 18.4. The molecule has 0 saturated heterocycles. The lowest BCUT2D eigenvalue weighted by atomic mass is 9.88. The van der Waals surface area contributed by atoms with Crippen LogP contribution in [0.2, 0.25) is 0 Å². The van der Waals surface area contributed by atoms with Gasteiger partial charge in [-0.1, -0.05) is 6.07 Å². The summed E-state index contributed by atoms with van der Waals surface area (Å²) in [7, 11) is 0. The molecule has 0 radical (unpaired) electrons. The predicted octanol–water partition coefficient (Wildman–Crippen LogP) is 5.28. The minimum Gasteiger partial charge on any atom is -0.324 e. The van der Waals surface area contributed by atoms with Crippen molar-refractivity contribution in [2.45, 2.75) is 70.1 Å². The summed E-state index contributed by atoms with van der Waals surface area (Å²) in [6.45, 7) is 6.78. The molecular formula is C28H30F3N7O. The van der Waals surface area contributed by atoms with E-state index in [0.717, 1.165) is 45.3 Å². The SMILES string of the molecule is CC(C)n1c(=O)c2cnc(Nc3ccc4c(c3)CCNC43CC3)nc2n1-c1ccnc(C(C)(C)C(F)(F)F)c1. The number of hydrogen-bond donors (Lipinski definition) is 2. The van der Waals surface area contributed by atoms with E-state index in [1.807, 2.05) is 19.9 Å². The van der Waals surface area contributed by atoms with Gasteiger partial charge in [0.05, 0.1) is 11.4 Å². The van der Waals surface area contributed by atoms with Crippen LogP contribution in [-0.4, -0.2) is 37.0 Å². The summed E-state index contributed by atoms with van der Waals surface area (Å²) >= 11 is 0. The quantitative estimate of drug-likeness (QED) is 0.360. The molecule has 8 nitrogen and oxygen atoms in total. The maximum absolute atomic E-state index is 13.8. The van der Waals surface area contributed by atoms with E-state index in [1.165, 1.54) is 34.3 Å². The van der Waals surface area contributed by atoms with Crippen LogP contribution in [0.5, 0.6) is 0 Å². The molecule has 1 saturated carbocycles. The Morgan fingerprint density at radius 1 is 1.10 bits per heavy atom. The number of pyridine rings is 1. The van der Waals surface area contributed by atoms with Crippen LogP contribution in [-0.2, 0) is 17.4 Å². The summed E-state index contributed by atoms with van der Waals surface area (Å²) in [6.07, 6.45) is 1.52. The molecular weight excluding hydrogens is 507 g/mol. The second kappa shape index (κ2) is 8.64. The molecule has 11 heteroatoms. The van der Waals surface area contributed by atoms with Gasteiger partial charge in [0.2, 0.25) is 5.95 Å². The first kappa shape index (κ1) is 25.5. The third-order valence-electron chi connectivity index (χ3n) is 7.93. The van der Waals surface area contributed by atoms with Crippen LogP contribution in [0.4, 0.5) is 24.8 Å². The molecule has 3 aromatic heterocycles. The van der Waals surface area contributed by atoms with Gasteiger partial charge in [0, 0.05) is 36.2 Å². The van der Waals surface area contributed by atoms with Gasteiger partial charge in [0.1, 0.15) is 10.8 Å². The summed E-state index contributed by atoms with van der Waals surface area (Å²) in [5.74, 6) is 0.289. The van der Waals surface area contributed by atoms with Gasteiger partial charge in [-0.2, -0.15) is 18.2 Å². The fourth-order valence-corrected chi connectivity index (χ4v) is 5.39. The van der Waals surface area contributed by atoms with Crippen LogP contribution in [0.3, 0.4) is 0 Å². The van der Waals surface area contributed by atoms with Gasteiger partial charge in [-0.3, -0.25) is 9.78 Å². The predicted molar refractivity (Wildman–Crippen MR) is 143 cm³/mol. The van der Waals surface area contributed by atoms with Crippen molar-refractivity contribution in [3.8, 4) is 5.69 Å². The molecule has 0 atom stereocenters. The number of alkyl halides is 3. The standard InChI is InChI=1S/C28H30F3N7O/c1-16(2)37-24(39)20-15-33-25(35-18-5-6-21-17(13-18)7-12-34-27(21)9-10-27)36-23(20)38(37)19-8-11-32-22(14-19)26(3,4)28(29,30)31/h5-6,8,11,13-16,34H,7,9-10,12H2,1-4H3,(H,33,35,36). The van der Waals surface area contributed by atoms with Crippen molar-refractivity contribution in [3.63, 3.8) is 0 Å². The molecule has 1 spiro atoms. The Morgan fingerprint density at radius 2 is 1.87 bits per heavy atom. The lowest BCUT2D eigenvalue weighted by Crippen LogP contribution is -2.37. The molecule has 0 amide bonds. The zero-order valence-corrected chi connectivity index (χ0v) is 22.2. The smallest absolute Gasteiger partial charge is 0.324 e. The Bertz CT molecular complexity index is 1650. The van der Waals surface area contributed by atoms with Crippen molar-refractivity contribution < 1.29 is 13.2 Å². The second-order valence-corrected chi connectivity index (χ2v) is 11.3. The lowest BCUT2D eigenvalue weighted by Gasteiger charge is -2.27. The van der Waals surface area contributed by atoms with Gasteiger partial charge in [-0.25, -0.2) is 14.3 Å². The Balaban J connectivity index is 1.44. The average molecular weight is 538 g/mol. The normalized spacial score (nSPS) is 16.6. The van der Waals surface area contributed by atoms with Gasteiger partial charge in [-0.05, 0) is 82.3 Å². The van der Waals surface area contributed by atoms with Crippen LogP contribution >= 0.6 is 0 Å². The number of nitrogens with zero attached hydrogens (tertiary/aromatic N) is 5. The van der Waals surface area contributed by atoms with E-state index in [9.17, 15) is 18.0 Å². The number of benzene rings is 1. The zero-order valence-electron chi connectivity index (χ0n) is 22.2. The van der Waals surface area contributed by atoms with Crippen LogP contribution < -0.4 is 16.2 Å². The third kappa shape index (κ3) is 4.10. The van der Waals surface area contributed by atoms with Crippen molar-refractivity contribution in [3.05, 3.63) is 69.9 Å². The van der Waals surface area contributed by atoms with Gasteiger partial charge in [0.25, 0.3) is 5.56 Å². The van der Waals surface area contributed by atoms with Crippen molar-refractivity contribution in [1.29, 1.82) is 0 Å². The highest BCUT2D eigenvalue weighted by Crippen LogP contribution is 2.49. The van der Waals surface area contributed by atoms with E-state index in [4.69, 9.17) is 0 Å². The zero-order chi connectivity index (χ0) is 27.7. The summed E-state index contributed by atoms with van der Waals surface area (Å²) < 4.78 is 44.4. The highest BCUT2D eigenvalue weighted by atomic mass is 19.4. The minimum atomic E-state index is -4.50. The molecule has 1 aromatic carbocycles. The van der Waals surface area contributed by atoms with E-state index in [2.05, 4.69) is 37.7 Å². The highest BCUT2D eigenvalue weighted by Gasteiger charge is 2.50. The Labute approximate surface area is 223 Å². The number of rotatable bonds is 5. The molecule has 204 valence electrons. The number of fused-ring (bicyclic) bond motifs is 3. The molecule has 4 heterocycles. The van der Waals surface area contributed by atoms with E-state index in [0.29, 0.717) is 11.3 Å². The van der Waals surface area contributed by atoms with E-state index < -0.39 is 11.6 Å². The molecule has 4 aromatic rings. The Hall–Kier alpha value is -3.73. The fraction of sp³-hybridized carbons (Fsp3) is 0.429. The van der Waals surface area contributed by atoms with Gasteiger partial charge in [-0.15, -0.1) is 0 Å². The maximum Gasteiger partial charge on any atom is 0.399 e. The molecule has 0 bridgehead atoms. The molecule has 6 rings (SSSR count). The number of hydrogen-bond acceptors (Lipinski definition) is 6. The van der Waals surface area contributed by atoms with Gasteiger partial charge >= 0.3 is 6.18 Å². The second-order valence-electron chi connectivity index (χ2n) is 11.3.